The summed E-state index contributed by atoms with van der Waals surface area (Å²) in [4.78, 5) is 46.5. The molecule has 4 fully saturated rings. The van der Waals surface area contributed by atoms with E-state index < -0.39 is 6.43 Å². The highest BCUT2D eigenvalue weighted by atomic mass is 19.3. The Morgan fingerprint density at radius 2 is 1.57 bits per heavy atom. The molecular formula is C35H49F2N7O2. The molecule has 3 amide bonds. The Balaban J connectivity index is 1.07. The highest BCUT2D eigenvalue weighted by molar-refractivity contribution is 5.96. The zero-order chi connectivity index (χ0) is 32.4. The van der Waals surface area contributed by atoms with Gasteiger partial charge in [0.1, 0.15) is 6.33 Å². The van der Waals surface area contributed by atoms with Crippen molar-refractivity contribution in [2.75, 3.05) is 58.9 Å². The molecule has 9 nitrogen and oxygen atoms in total. The van der Waals surface area contributed by atoms with E-state index in [1.165, 1.54) is 11.9 Å². The summed E-state index contributed by atoms with van der Waals surface area (Å²) in [5, 5.41) is 0. The summed E-state index contributed by atoms with van der Waals surface area (Å²) in [6.07, 6.45) is 4.59. The van der Waals surface area contributed by atoms with Crippen LogP contribution in [0, 0.1) is 19.8 Å². The average molecular weight is 638 g/mol. The monoisotopic (exact) mass is 637 g/mol. The van der Waals surface area contributed by atoms with E-state index >= 15 is 0 Å². The van der Waals surface area contributed by atoms with Gasteiger partial charge in [0.25, 0.3) is 12.3 Å². The van der Waals surface area contributed by atoms with Crippen molar-refractivity contribution in [1.82, 2.24) is 34.5 Å². The Labute approximate surface area is 271 Å². The Bertz CT molecular complexity index is 1330. The van der Waals surface area contributed by atoms with Gasteiger partial charge in [-0.1, -0.05) is 30.3 Å². The molecule has 5 heterocycles. The maximum absolute atomic E-state index is 14.1. The second-order valence-electron chi connectivity index (χ2n) is 14.1. The lowest BCUT2D eigenvalue weighted by atomic mass is 9.85. The molecule has 1 aromatic carbocycles. The predicted molar refractivity (Wildman–Crippen MR) is 173 cm³/mol. The molecule has 11 heteroatoms. The maximum Gasteiger partial charge on any atom is 0.320 e. The van der Waals surface area contributed by atoms with Crippen molar-refractivity contribution < 1.29 is 18.4 Å². The number of urea groups is 1. The second kappa shape index (κ2) is 13.9. The highest BCUT2D eigenvalue weighted by Gasteiger charge is 2.45. The van der Waals surface area contributed by atoms with Gasteiger partial charge in [-0.15, -0.1) is 0 Å². The molecule has 0 N–H and O–H groups in total. The van der Waals surface area contributed by atoms with E-state index in [9.17, 15) is 18.4 Å². The highest BCUT2D eigenvalue weighted by Crippen LogP contribution is 2.38. The van der Waals surface area contributed by atoms with Crippen LogP contribution in [0.5, 0.6) is 0 Å². The predicted octanol–water partition coefficient (Wildman–Crippen LogP) is 5.01. The molecule has 4 aliphatic heterocycles. The van der Waals surface area contributed by atoms with E-state index in [0.717, 1.165) is 63.0 Å². The number of alkyl halides is 2. The minimum Gasteiger partial charge on any atom is -0.338 e. The summed E-state index contributed by atoms with van der Waals surface area (Å²) in [7, 11) is 0. The van der Waals surface area contributed by atoms with E-state index in [0.29, 0.717) is 50.7 Å². The van der Waals surface area contributed by atoms with Crippen LogP contribution in [-0.2, 0) is 0 Å². The summed E-state index contributed by atoms with van der Waals surface area (Å²) in [5.74, 6) is 0.371. The molecule has 6 rings (SSSR count). The first-order chi connectivity index (χ1) is 22.1. The van der Waals surface area contributed by atoms with E-state index in [1.54, 1.807) is 0 Å². The van der Waals surface area contributed by atoms with Crippen LogP contribution in [0.2, 0.25) is 0 Å². The van der Waals surface area contributed by atoms with Gasteiger partial charge in [-0.05, 0) is 83.9 Å². The number of piperidine rings is 3. The topological polar surface area (TPSA) is 76.1 Å². The normalized spacial score (nSPS) is 23.9. The number of benzene rings is 1. The molecule has 1 atom stereocenters. The summed E-state index contributed by atoms with van der Waals surface area (Å²) in [6.45, 7) is 11.9. The minimum atomic E-state index is -2.30. The molecule has 4 aliphatic rings. The van der Waals surface area contributed by atoms with Crippen LogP contribution in [0.4, 0.5) is 13.6 Å². The molecule has 0 radical (unpaired) electrons. The third-order valence-corrected chi connectivity index (χ3v) is 11.2. The number of nitrogens with zero attached hydrogens (tertiary/aromatic N) is 7. The molecule has 0 spiro atoms. The van der Waals surface area contributed by atoms with Gasteiger partial charge in [-0.3, -0.25) is 14.6 Å². The first kappa shape index (κ1) is 32.7. The fraction of sp³-hybridized carbons (Fsp3) is 0.657. The van der Waals surface area contributed by atoms with Crippen LogP contribution >= 0.6 is 0 Å². The van der Waals surface area contributed by atoms with Crippen LogP contribution in [0.25, 0.3) is 0 Å². The fourth-order valence-electron chi connectivity index (χ4n) is 8.29. The van der Waals surface area contributed by atoms with Gasteiger partial charge in [0.15, 0.2) is 0 Å². The number of aromatic nitrogens is 2. The van der Waals surface area contributed by atoms with Crippen LogP contribution in [-0.4, -0.2) is 123 Å². The van der Waals surface area contributed by atoms with Crippen molar-refractivity contribution in [2.45, 2.75) is 83.3 Å². The fourth-order valence-corrected chi connectivity index (χ4v) is 8.29. The van der Waals surface area contributed by atoms with Crippen LogP contribution in [0.3, 0.4) is 0 Å². The summed E-state index contributed by atoms with van der Waals surface area (Å²) in [5.41, 5.74) is 3.27. The first-order valence-corrected chi connectivity index (χ1v) is 17.1. The summed E-state index contributed by atoms with van der Waals surface area (Å²) < 4.78 is 25.8. The molecular weight excluding hydrogens is 588 g/mol. The number of carbonyl (C=O) groups excluding carboxylic acids is 2. The Morgan fingerprint density at radius 1 is 0.935 bits per heavy atom. The van der Waals surface area contributed by atoms with Crippen LogP contribution in [0.15, 0.2) is 36.7 Å². The molecule has 4 saturated heterocycles. The zero-order valence-electron chi connectivity index (χ0n) is 27.6. The molecule has 0 unspecified atom stereocenters. The third kappa shape index (κ3) is 6.90. The Kier molecular flexibility index (Phi) is 9.89. The minimum absolute atomic E-state index is 0.0120. The van der Waals surface area contributed by atoms with Gasteiger partial charge in [-0.25, -0.2) is 23.5 Å². The third-order valence-electron chi connectivity index (χ3n) is 11.2. The molecule has 0 bridgehead atoms. The molecule has 1 aromatic heterocycles. The standard InChI is InChI=1S/C35H49F2N7O2/c1-25-32(26(2)39-24-38-25)33(45)41-19-13-35(3,14-20-41)43-17-11-29(12-18-43)44-30(28-7-5-4-6-8-28)22-42(34(44)46)21-27-9-15-40(16-10-27)23-31(36)37/h4-8,24,27,29-31H,9-23H2,1-3H3/t30-/m0/s1. The summed E-state index contributed by atoms with van der Waals surface area (Å²) in [6, 6.07) is 10.7. The SMILES string of the molecule is Cc1ncnc(C)c1C(=O)N1CCC(C)(N2CCC(N3C(=O)N(CC4CCN(CC(F)F)CC4)C[C@H]3c3ccccc3)CC2)CC1. The largest absolute Gasteiger partial charge is 0.338 e. The Morgan fingerprint density at radius 3 is 2.17 bits per heavy atom. The van der Waals surface area contributed by atoms with Crippen LogP contribution in [0.1, 0.15) is 78.8 Å². The quantitative estimate of drug-likeness (QED) is 0.405. The molecule has 250 valence electrons. The number of hydrogen-bond donors (Lipinski definition) is 0. The summed E-state index contributed by atoms with van der Waals surface area (Å²) >= 11 is 0. The maximum atomic E-state index is 14.1. The molecule has 2 aromatic rings. The van der Waals surface area contributed by atoms with Crippen LogP contribution < -0.4 is 0 Å². The van der Waals surface area contributed by atoms with Gasteiger partial charge >= 0.3 is 6.03 Å². The number of amides is 3. The van der Waals surface area contributed by atoms with Crippen molar-refractivity contribution in [2.24, 2.45) is 5.92 Å². The molecule has 0 saturated carbocycles. The smallest absolute Gasteiger partial charge is 0.320 e. The van der Waals surface area contributed by atoms with E-state index in [2.05, 4.69) is 38.8 Å². The average Bonchev–Trinajstić information content (AvgIpc) is 3.37. The lowest BCUT2D eigenvalue weighted by Gasteiger charge is -2.50. The van der Waals surface area contributed by atoms with Gasteiger partial charge in [0.05, 0.1) is 29.5 Å². The number of likely N-dealkylation sites (tertiary alicyclic amines) is 3. The number of aryl methyl sites for hydroxylation is 2. The van der Waals surface area contributed by atoms with Crippen molar-refractivity contribution in [1.29, 1.82) is 0 Å². The van der Waals surface area contributed by atoms with Gasteiger partial charge in [-0.2, -0.15) is 0 Å². The molecule has 46 heavy (non-hydrogen) atoms. The van der Waals surface area contributed by atoms with E-state index in [4.69, 9.17) is 0 Å². The first-order valence-electron chi connectivity index (χ1n) is 17.1. The van der Waals surface area contributed by atoms with Gasteiger partial charge in [0.2, 0.25) is 0 Å². The van der Waals surface area contributed by atoms with Crippen molar-refractivity contribution in [3.8, 4) is 0 Å². The molecule has 0 aliphatic carbocycles. The van der Waals surface area contributed by atoms with E-state index in [1.807, 2.05) is 46.7 Å². The van der Waals surface area contributed by atoms with Crippen molar-refractivity contribution in [3.05, 3.63) is 59.2 Å². The second-order valence-corrected chi connectivity index (χ2v) is 14.1. The van der Waals surface area contributed by atoms with Crippen molar-refractivity contribution in [3.63, 3.8) is 0 Å². The zero-order valence-corrected chi connectivity index (χ0v) is 27.6. The van der Waals surface area contributed by atoms with E-state index in [-0.39, 0.29) is 36.1 Å². The lowest BCUT2D eigenvalue weighted by Crippen LogP contribution is -2.58. The van der Waals surface area contributed by atoms with Gasteiger partial charge in [0, 0.05) is 50.8 Å². The number of carbonyl (C=O) groups is 2. The Hall–Kier alpha value is -3.18. The van der Waals surface area contributed by atoms with Crippen molar-refractivity contribution >= 4 is 11.9 Å². The number of rotatable bonds is 8. The van der Waals surface area contributed by atoms with Gasteiger partial charge < -0.3 is 14.7 Å². The lowest BCUT2D eigenvalue weighted by molar-refractivity contribution is 0.00488. The number of halogens is 2. The number of hydrogen-bond acceptors (Lipinski definition) is 6.